The molecule has 26 heavy (non-hydrogen) atoms. The van der Waals surface area contributed by atoms with Gasteiger partial charge < -0.3 is 19.9 Å². The lowest BCUT2D eigenvalue weighted by atomic mass is 9.75. The van der Waals surface area contributed by atoms with Gasteiger partial charge in [0.2, 0.25) is 5.88 Å². The lowest BCUT2D eigenvalue weighted by Gasteiger charge is -2.38. The molecule has 1 heterocycles. The highest BCUT2D eigenvalue weighted by Gasteiger charge is 2.36. The van der Waals surface area contributed by atoms with Crippen molar-refractivity contribution in [2.45, 2.75) is 31.9 Å². The Morgan fingerprint density at radius 2 is 2.00 bits per heavy atom. The van der Waals surface area contributed by atoms with Crippen LogP contribution in [0.1, 0.15) is 40.4 Å². The molecule has 0 aliphatic heterocycles. The summed E-state index contributed by atoms with van der Waals surface area (Å²) in [6.07, 6.45) is 2.74. The SMILES string of the molecule is COc1ccc([C@H](NC(=O)c2cccc(OC)c2C)C2CC(O)C2)cn1. The summed E-state index contributed by atoms with van der Waals surface area (Å²) in [7, 11) is 3.15. The molecule has 0 unspecified atom stereocenters. The first-order valence-electron chi connectivity index (χ1n) is 8.66. The van der Waals surface area contributed by atoms with E-state index in [2.05, 4.69) is 10.3 Å². The lowest BCUT2D eigenvalue weighted by molar-refractivity contribution is 0.0234. The molecule has 6 heteroatoms. The van der Waals surface area contributed by atoms with Gasteiger partial charge in [0.1, 0.15) is 5.75 Å². The number of hydrogen-bond donors (Lipinski definition) is 2. The number of hydrogen-bond acceptors (Lipinski definition) is 5. The second kappa shape index (κ2) is 7.74. The molecule has 1 aromatic heterocycles. The molecular formula is C20H24N2O4. The number of carbonyl (C=O) groups excluding carboxylic acids is 1. The van der Waals surface area contributed by atoms with Gasteiger partial charge in [-0.2, -0.15) is 0 Å². The van der Waals surface area contributed by atoms with Crippen LogP contribution >= 0.6 is 0 Å². The molecule has 1 aliphatic rings. The summed E-state index contributed by atoms with van der Waals surface area (Å²) in [6.45, 7) is 1.87. The Morgan fingerprint density at radius 1 is 1.23 bits per heavy atom. The van der Waals surface area contributed by atoms with Crippen LogP contribution in [0.2, 0.25) is 0 Å². The summed E-state index contributed by atoms with van der Waals surface area (Å²) in [5.41, 5.74) is 2.28. The third kappa shape index (κ3) is 3.65. The summed E-state index contributed by atoms with van der Waals surface area (Å²) < 4.78 is 10.4. The Kier molecular flexibility index (Phi) is 5.42. The van der Waals surface area contributed by atoms with E-state index in [1.165, 1.54) is 0 Å². The summed E-state index contributed by atoms with van der Waals surface area (Å²) in [6, 6.07) is 8.89. The second-order valence-electron chi connectivity index (χ2n) is 6.60. The zero-order valence-corrected chi connectivity index (χ0v) is 15.2. The molecule has 0 bridgehead atoms. The number of methoxy groups -OCH3 is 2. The van der Waals surface area contributed by atoms with Crippen molar-refractivity contribution in [1.82, 2.24) is 10.3 Å². The number of rotatable bonds is 6. The Balaban J connectivity index is 1.84. The maximum atomic E-state index is 12.9. The Morgan fingerprint density at radius 3 is 2.58 bits per heavy atom. The Bertz CT molecular complexity index is 770. The van der Waals surface area contributed by atoms with Crippen molar-refractivity contribution in [3.63, 3.8) is 0 Å². The van der Waals surface area contributed by atoms with Gasteiger partial charge in [0.15, 0.2) is 0 Å². The van der Waals surface area contributed by atoms with Crippen LogP contribution in [0.15, 0.2) is 36.5 Å². The maximum absolute atomic E-state index is 12.9. The third-order valence-corrected chi connectivity index (χ3v) is 4.98. The van der Waals surface area contributed by atoms with Gasteiger partial charge >= 0.3 is 0 Å². The summed E-state index contributed by atoms with van der Waals surface area (Å²) in [5.74, 6) is 1.22. The number of ether oxygens (including phenoxy) is 2. The van der Waals surface area contributed by atoms with Crippen molar-refractivity contribution < 1.29 is 19.4 Å². The van der Waals surface area contributed by atoms with Gasteiger partial charge in [-0.25, -0.2) is 4.98 Å². The highest BCUT2D eigenvalue weighted by atomic mass is 16.5. The molecule has 6 nitrogen and oxygen atoms in total. The molecule has 0 radical (unpaired) electrons. The molecule has 1 saturated carbocycles. The largest absolute Gasteiger partial charge is 0.496 e. The van der Waals surface area contributed by atoms with Gasteiger partial charge in [-0.05, 0) is 43.4 Å². The van der Waals surface area contributed by atoms with Gasteiger partial charge in [0, 0.05) is 23.4 Å². The molecule has 1 aromatic carbocycles. The van der Waals surface area contributed by atoms with E-state index in [9.17, 15) is 9.90 Å². The summed E-state index contributed by atoms with van der Waals surface area (Å²) in [5, 5.41) is 12.8. The van der Waals surface area contributed by atoms with E-state index < -0.39 is 0 Å². The van der Waals surface area contributed by atoms with E-state index in [-0.39, 0.29) is 24.0 Å². The summed E-state index contributed by atoms with van der Waals surface area (Å²) in [4.78, 5) is 17.1. The minimum atomic E-state index is -0.302. The van der Waals surface area contributed by atoms with Crippen LogP contribution in [-0.2, 0) is 0 Å². The molecule has 1 amide bonds. The van der Waals surface area contributed by atoms with Gasteiger partial charge in [0.25, 0.3) is 5.91 Å². The fraction of sp³-hybridized carbons (Fsp3) is 0.400. The first kappa shape index (κ1) is 18.2. The normalized spacial score (nSPS) is 20.0. The first-order valence-corrected chi connectivity index (χ1v) is 8.66. The van der Waals surface area contributed by atoms with E-state index in [0.717, 1.165) is 11.1 Å². The zero-order chi connectivity index (χ0) is 18.7. The number of aliphatic hydroxyl groups is 1. The highest BCUT2D eigenvalue weighted by molar-refractivity contribution is 5.96. The van der Waals surface area contributed by atoms with Gasteiger partial charge in [0.05, 0.1) is 26.4 Å². The molecule has 138 valence electrons. The average molecular weight is 356 g/mol. The predicted octanol–water partition coefficient (Wildman–Crippen LogP) is 2.65. The van der Waals surface area contributed by atoms with E-state index in [0.29, 0.717) is 30.0 Å². The average Bonchev–Trinajstić information content (AvgIpc) is 2.64. The fourth-order valence-corrected chi connectivity index (χ4v) is 3.37. The monoisotopic (exact) mass is 356 g/mol. The predicted molar refractivity (Wildman–Crippen MR) is 97.5 cm³/mol. The molecule has 1 atom stereocenters. The van der Waals surface area contributed by atoms with E-state index in [1.54, 1.807) is 38.6 Å². The third-order valence-electron chi connectivity index (χ3n) is 4.98. The number of amides is 1. The number of nitrogens with zero attached hydrogens (tertiary/aromatic N) is 1. The van der Waals surface area contributed by atoms with Crippen molar-refractivity contribution in [1.29, 1.82) is 0 Å². The summed E-state index contributed by atoms with van der Waals surface area (Å²) >= 11 is 0. The topological polar surface area (TPSA) is 80.7 Å². The lowest BCUT2D eigenvalue weighted by Crippen LogP contribution is -2.41. The number of aromatic nitrogens is 1. The Labute approximate surface area is 153 Å². The zero-order valence-electron chi connectivity index (χ0n) is 15.2. The Hall–Kier alpha value is -2.60. The van der Waals surface area contributed by atoms with Gasteiger partial charge in [-0.15, -0.1) is 0 Å². The van der Waals surface area contributed by atoms with E-state index >= 15 is 0 Å². The van der Waals surface area contributed by atoms with Gasteiger partial charge in [-0.1, -0.05) is 12.1 Å². The number of carbonyl (C=O) groups is 1. The van der Waals surface area contributed by atoms with E-state index in [1.807, 2.05) is 19.1 Å². The molecule has 2 N–H and O–H groups in total. The van der Waals surface area contributed by atoms with E-state index in [4.69, 9.17) is 9.47 Å². The van der Waals surface area contributed by atoms with Crippen LogP contribution in [0, 0.1) is 12.8 Å². The number of nitrogens with one attached hydrogen (secondary N) is 1. The fourth-order valence-electron chi connectivity index (χ4n) is 3.37. The molecule has 0 saturated heterocycles. The standard InChI is InChI=1S/C20H24N2O4/c1-12-16(5-4-6-17(12)25-2)20(24)22-19(14-9-15(23)10-14)13-7-8-18(26-3)21-11-13/h4-8,11,14-15,19,23H,9-10H2,1-3H3,(H,22,24)/t14?,15?,19-/m0/s1. The minimum absolute atomic E-state index is 0.163. The highest BCUT2D eigenvalue weighted by Crippen LogP contribution is 2.38. The van der Waals surface area contributed by atoms with Crippen LogP contribution in [0.3, 0.4) is 0 Å². The first-order chi connectivity index (χ1) is 12.5. The van der Waals surface area contributed by atoms with Crippen LogP contribution < -0.4 is 14.8 Å². The number of aliphatic hydroxyl groups excluding tert-OH is 1. The maximum Gasteiger partial charge on any atom is 0.252 e. The second-order valence-corrected chi connectivity index (χ2v) is 6.60. The van der Waals surface area contributed by atoms with Crippen LogP contribution in [0.5, 0.6) is 11.6 Å². The molecule has 2 aromatic rings. The number of benzene rings is 1. The van der Waals surface area contributed by atoms with Gasteiger partial charge in [-0.3, -0.25) is 4.79 Å². The molecule has 0 spiro atoms. The van der Waals surface area contributed by atoms with Crippen molar-refractivity contribution in [2.24, 2.45) is 5.92 Å². The van der Waals surface area contributed by atoms with Crippen LogP contribution in [-0.4, -0.2) is 36.3 Å². The van der Waals surface area contributed by atoms with Crippen molar-refractivity contribution in [2.75, 3.05) is 14.2 Å². The van der Waals surface area contributed by atoms with Crippen molar-refractivity contribution in [3.05, 3.63) is 53.2 Å². The van der Waals surface area contributed by atoms with Crippen molar-refractivity contribution in [3.8, 4) is 11.6 Å². The smallest absolute Gasteiger partial charge is 0.252 e. The molecule has 1 aliphatic carbocycles. The van der Waals surface area contributed by atoms with Crippen molar-refractivity contribution >= 4 is 5.91 Å². The molecular weight excluding hydrogens is 332 g/mol. The minimum Gasteiger partial charge on any atom is -0.496 e. The quantitative estimate of drug-likeness (QED) is 0.832. The van der Waals surface area contributed by atoms with Crippen LogP contribution in [0.4, 0.5) is 0 Å². The molecule has 1 fully saturated rings. The number of pyridine rings is 1. The van der Waals surface area contributed by atoms with Crippen LogP contribution in [0.25, 0.3) is 0 Å². The molecule has 3 rings (SSSR count).